The summed E-state index contributed by atoms with van der Waals surface area (Å²) in [5, 5.41) is 19.8. The van der Waals surface area contributed by atoms with Crippen molar-refractivity contribution < 1.29 is 14.6 Å². The maximum atomic E-state index is 13.1. The molecule has 6 heteroatoms. The number of carbonyl (C=O) groups is 1. The number of aromatic nitrogens is 1. The highest BCUT2D eigenvalue weighted by Gasteiger charge is 2.35. The third-order valence-electron chi connectivity index (χ3n) is 5.62. The van der Waals surface area contributed by atoms with Gasteiger partial charge in [0.05, 0.1) is 34.0 Å². The predicted molar refractivity (Wildman–Crippen MR) is 112 cm³/mol. The maximum Gasteiger partial charge on any atom is 0.208 e. The fourth-order valence-corrected chi connectivity index (χ4v) is 4.60. The van der Waals surface area contributed by atoms with E-state index in [1.165, 1.54) is 0 Å². The Kier molecular flexibility index (Phi) is 6.58. The van der Waals surface area contributed by atoms with Crippen LogP contribution in [-0.4, -0.2) is 39.8 Å². The van der Waals surface area contributed by atoms with Crippen molar-refractivity contribution in [2.75, 3.05) is 13.2 Å². The van der Waals surface area contributed by atoms with Gasteiger partial charge in [0.2, 0.25) is 5.78 Å². The topological polar surface area (TPSA) is 74.8 Å². The molecule has 3 rings (SSSR count). The number of pyridine rings is 1. The first kappa shape index (κ1) is 21.0. The van der Waals surface area contributed by atoms with Gasteiger partial charge in [-0.3, -0.25) is 4.79 Å². The van der Waals surface area contributed by atoms with Crippen molar-refractivity contribution in [3.63, 3.8) is 0 Å². The van der Waals surface area contributed by atoms with Crippen molar-refractivity contribution >= 4 is 28.6 Å². The maximum absolute atomic E-state index is 13.1. The molecule has 0 radical (unpaired) electrons. The molecule has 0 aromatic carbocycles. The largest absolute Gasteiger partial charge is 0.389 e. The highest BCUT2D eigenvalue weighted by atomic mass is 35.5. The average molecular weight is 405 g/mol. The van der Waals surface area contributed by atoms with Gasteiger partial charge in [-0.25, -0.2) is 0 Å². The predicted octanol–water partition coefficient (Wildman–Crippen LogP) is 4.71. The fourth-order valence-electron chi connectivity index (χ4n) is 4.34. The summed E-state index contributed by atoms with van der Waals surface area (Å²) in [5.41, 5.74) is 0.957. The zero-order valence-corrected chi connectivity index (χ0v) is 17.4. The van der Waals surface area contributed by atoms with Crippen LogP contribution in [0.2, 0.25) is 5.02 Å². The van der Waals surface area contributed by atoms with Crippen molar-refractivity contribution in [2.45, 2.75) is 58.0 Å². The molecule has 2 heterocycles. The van der Waals surface area contributed by atoms with Gasteiger partial charge in [-0.15, -0.1) is 0 Å². The molecule has 1 aliphatic rings. The van der Waals surface area contributed by atoms with Crippen LogP contribution in [0.1, 0.15) is 62.0 Å². The molecule has 2 N–H and O–H groups in total. The summed E-state index contributed by atoms with van der Waals surface area (Å²) in [5.74, 6) is 0.0523. The molecular formula is C22H29ClN2O3. The molecule has 28 heavy (non-hydrogen) atoms. The van der Waals surface area contributed by atoms with Gasteiger partial charge >= 0.3 is 0 Å². The fraction of sp³-hybridized carbons (Fsp3) is 0.545. The van der Waals surface area contributed by atoms with E-state index >= 15 is 0 Å². The zero-order chi connectivity index (χ0) is 20.3. The van der Waals surface area contributed by atoms with Gasteiger partial charge in [0.15, 0.2) is 0 Å². The van der Waals surface area contributed by atoms with Crippen LogP contribution in [-0.2, 0) is 11.2 Å². The Bertz CT molecular complexity index is 876. The number of carbonyl (C=O) groups excluding carboxylic acids is 1. The summed E-state index contributed by atoms with van der Waals surface area (Å²) in [6, 6.07) is 5.40. The molecule has 0 bridgehead atoms. The van der Waals surface area contributed by atoms with E-state index < -0.39 is 5.60 Å². The lowest BCUT2D eigenvalue weighted by Crippen LogP contribution is -2.38. The van der Waals surface area contributed by atoms with Crippen LogP contribution in [0.15, 0.2) is 24.4 Å². The summed E-state index contributed by atoms with van der Waals surface area (Å²) in [7, 11) is 0. The van der Waals surface area contributed by atoms with E-state index in [0.717, 1.165) is 18.5 Å². The minimum Gasteiger partial charge on any atom is -0.389 e. The van der Waals surface area contributed by atoms with E-state index in [0.29, 0.717) is 54.5 Å². The number of Topliss-reactive ketones (excluding diaryl/α,β-unsaturated/α-hetero) is 1. The molecule has 0 aliphatic heterocycles. The highest BCUT2D eigenvalue weighted by Crippen LogP contribution is 2.35. The van der Waals surface area contributed by atoms with Gasteiger partial charge in [0.25, 0.3) is 0 Å². The zero-order valence-electron chi connectivity index (χ0n) is 16.6. The summed E-state index contributed by atoms with van der Waals surface area (Å²) in [6.07, 6.45) is 5.92. The van der Waals surface area contributed by atoms with E-state index in [1.807, 2.05) is 29.7 Å². The Balaban J connectivity index is 1.87. The number of fused-ring (bicyclic) bond motifs is 1. The first-order valence-electron chi connectivity index (χ1n) is 10.1. The molecule has 2 aromatic heterocycles. The van der Waals surface area contributed by atoms with Gasteiger partial charge in [-0.05, 0) is 43.9 Å². The first-order chi connectivity index (χ1) is 13.3. The molecule has 0 saturated heterocycles. The van der Waals surface area contributed by atoms with Crippen LogP contribution >= 0.6 is 11.6 Å². The number of rotatable bonds is 8. The third-order valence-corrected chi connectivity index (χ3v) is 5.92. The first-order valence-corrected chi connectivity index (χ1v) is 10.4. The van der Waals surface area contributed by atoms with Gasteiger partial charge in [0, 0.05) is 31.3 Å². The molecule has 2 atom stereocenters. The van der Waals surface area contributed by atoms with Crippen molar-refractivity contribution in [3.8, 4) is 0 Å². The molecule has 1 fully saturated rings. The van der Waals surface area contributed by atoms with E-state index in [4.69, 9.17) is 21.7 Å². The summed E-state index contributed by atoms with van der Waals surface area (Å²) in [4.78, 5) is 13.1. The highest BCUT2D eigenvalue weighted by molar-refractivity contribution is 6.47. The van der Waals surface area contributed by atoms with Gasteiger partial charge < -0.3 is 19.7 Å². The Morgan fingerprint density at radius 1 is 1.50 bits per heavy atom. The summed E-state index contributed by atoms with van der Waals surface area (Å²) < 4.78 is 7.35. The van der Waals surface area contributed by atoms with Crippen molar-refractivity contribution in [3.05, 3.63) is 40.7 Å². The molecule has 2 unspecified atom stereocenters. The van der Waals surface area contributed by atoms with Crippen LogP contribution < -0.4 is 0 Å². The second-order valence-electron chi connectivity index (χ2n) is 7.98. The standard InChI is InChI=1S/C22H29ClN2O3/c1-3-28-11-8-16-12-17(20-18(23)7-5-10-25(16)20)21(26)19(24)14-22(27)9-4-6-15(2)13-22/h5,7,10,12,15,24,27H,3-4,6,8-9,11,13-14H2,1-2H3. The lowest BCUT2D eigenvalue weighted by molar-refractivity contribution is -0.00650. The number of hydrogen-bond acceptors (Lipinski definition) is 4. The summed E-state index contributed by atoms with van der Waals surface area (Å²) in [6.45, 7) is 5.25. The van der Waals surface area contributed by atoms with Crippen molar-refractivity contribution in [2.24, 2.45) is 5.92 Å². The van der Waals surface area contributed by atoms with Crippen LogP contribution in [0.5, 0.6) is 0 Å². The second kappa shape index (κ2) is 8.76. The molecule has 1 saturated carbocycles. The Labute approximate surface area is 171 Å². The normalized spacial score (nSPS) is 22.5. The van der Waals surface area contributed by atoms with Crippen LogP contribution in [0.3, 0.4) is 0 Å². The average Bonchev–Trinajstić information content (AvgIpc) is 3.01. The number of aliphatic hydroxyl groups is 1. The number of ketones is 1. The minimum atomic E-state index is -0.957. The number of hydrogen-bond donors (Lipinski definition) is 2. The number of nitrogens with zero attached hydrogens (tertiary/aromatic N) is 1. The molecule has 0 spiro atoms. The van der Waals surface area contributed by atoms with Crippen LogP contribution in [0.4, 0.5) is 0 Å². The van der Waals surface area contributed by atoms with E-state index in [1.54, 1.807) is 6.07 Å². The summed E-state index contributed by atoms with van der Waals surface area (Å²) >= 11 is 6.40. The van der Waals surface area contributed by atoms with Crippen molar-refractivity contribution in [1.82, 2.24) is 4.40 Å². The number of halogens is 1. The molecule has 5 nitrogen and oxygen atoms in total. The molecule has 0 amide bonds. The second-order valence-corrected chi connectivity index (χ2v) is 8.39. The van der Waals surface area contributed by atoms with Crippen LogP contribution in [0, 0.1) is 11.3 Å². The monoisotopic (exact) mass is 404 g/mol. The smallest absolute Gasteiger partial charge is 0.208 e. The number of ether oxygens (including phenoxy) is 1. The third kappa shape index (κ3) is 4.48. The quantitative estimate of drug-likeness (QED) is 0.380. The number of nitrogens with one attached hydrogen (secondary N) is 1. The molecule has 152 valence electrons. The van der Waals surface area contributed by atoms with Crippen LogP contribution in [0.25, 0.3) is 5.52 Å². The van der Waals surface area contributed by atoms with E-state index in [2.05, 4.69) is 6.92 Å². The lowest BCUT2D eigenvalue weighted by Gasteiger charge is -2.35. The Morgan fingerprint density at radius 3 is 3.00 bits per heavy atom. The lowest BCUT2D eigenvalue weighted by atomic mass is 9.75. The Hall–Kier alpha value is -1.69. The molecule has 2 aromatic rings. The van der Waals surface area contributed by atoms with Gasteiger partial charge in [-0.2, -0.15) is 0 Å². The molecule has 1 aliphatic carbocycles. The SMILES string of the molecule is CCOCCc1cc(C(=O)C(=N)CC2(O)CCCC(C)C2)c2c(Cl)cccn12. The van der Waals surface area contributed by atoms with E-state index in [-0.39, 0.29) is 17.9 Å². The molecular weight excluding hydrogens is 376 g/mol. The van der Waals surface area contributed by atoms with Crippen molar-refractivity contribution in [1.29, 1.82) is 5.41 Å². The Morgan fingerprint density at radius 2 is 2.29 bits per heavy atom. The van der Waals surface area contributed by atoms with Gasteiger partial charge in [-0.1, -0.05) is 31.4 Å². The minimum absolute atomic E-state index is 0.0552. The van der Waals surface area contributed by atoms with Gasteiger partial charge in [0.1, 0.15) is 0 Å². The van der Waals surface area contributed by atoms with E-state index in [9.17, 15) is 9.90 Å².